The zero-order valence-corrected chi connectivity index (χ0v) is 18.8. The van der Waals surface area contributed by atoms with E-state index in [0.29, 0.717) is 32.8 Å². The average Bonchev–Trinajstić information content (AvgIpc) is 3.06. The molecule has 0 atom stereocenters. The number of carbonyl (C=O) groups is 2. The Hall–Kier alpha value is -3.03. The molecule has 9 heteroatoms. The number of hydrogen-bond donors (Lipinski definition) is 1. The molecule has 0 unspecified atom stereocenters. The number of nitrogens with zero attached hydrogens (tertiary/aromatic N) is 2. The Bertz CT molecular complexity index is 1090. The molecule has 31 heavy (non-hydrogen) atoms. The van der Waals surface area contributed by atoms with Crippen LogP contribution in [0.25, 0.3) is 0 Å². The van der Waals surface area contributed by atoms with E-state index in [2.05, 4.69) is 10.5 Å². The van der Waals surface area contributed by atoms with Gasteiger partial charge in [0.2, 0.25) is 5.91 Å². The molecule has 3 aromatic rings. The lowest BCUT2D eigenvalue weighted by atomic mass is 10.1. The van der Waals surface area contributed by atoms with E-state index in [1.165, 1.54) is 4.90 Å². The summed E-state index contributed by atoms with van der Waals surface area (Å²) in [6.07, 6.45) is 0. The number of anilines is 1. The van der Waals surface area contributed by atoms with Crippen LogP contribution in [-0.2, 0) is 11.4 Å². The van der Waals surface area contributed by atoms with Crippen molar-refractivity contribution >= 4 is 40.7 Å². The summed E-state index contributed by atoms with van der Waals surface area (Å²) in [6.45, 7) is 3.69. The molecule has 0 fully saturated rings. The van der Waals surface area contributed by atoms with Crippen molar-refractivity contribution in [3.8, 4) is 5.75 Å². The van der Waals surface area contributed by atoms with Crippen LogP contribution in [0.15, 0.2) is 47.0 Å². The lowest BCUT2D eigenvalue weighted by Gasteiger charge is -2.19. The maximum absolute atomic E-state index is 12.9. The van der Waals surface area contributed by atoms with Crippen molar-refractivity contribution in [1.82, 2.24) is 10.1 Å². The normalized spacial score (nSPS) is 10.6. The summed E-state index contributed by atoms with van der Waals surface area (Å²) < 4.78 is 11.0. The summed E-state index contributed by atoms with van der Waals surface area (Å²) in [7, 11) is 1.54. The van der Waals surface area contributed by atoms with Crippen molar-refractivity contribution in [1.29, 1.82) is 0 Å². The van der Waals surface area contributed by atoms with Gasteiger partial charge in [-0.15, -0.1) is 0 Å². The molecular formula is C22H21Cl2N3O4. The predicted octanol–water partition coefficient (Wildman–Crippen LogP) is 4.89. The van der Waals surface area contributed by atoms with E-state index in [4.69, 9.17) is 32.5 Å². The van der Waals surface area contributed by atoms with Crippen molar-refractivity contribution in [2.45, 2.75) is 20.5 Å². The second-order valence-electron chi connectivity index (χ2n) is 6.93. The van der Waals surface area contributed by atoms with Crippen molar-refractivity contribution in [3.63, 3.8) is 0 Å². The van der Waals surface area contributed by atoms with Crippen LogP contribution >= 0.6 is 23.2 Å². The summed E-state index contributed by atoms with van der Waals surface area (Å²) in [4.78, 5) is 26.6. The van der Waals surface area contributed by atoms with Gasteiger partial charge in [-0.1, -0.05) is 40.5 Å². The highest BCUT2D eigenvalue weighted by Crippen LogP contribution is 2.25. The molecule has 1 aromatic heterocycles. The Morgan fingerprint density at radius 2 is 1.87 bits per heavy atom. The number of benzene rings is 2. The van der Waals surface area contributed by atoms with Crippen molar-refractivity contribution in [2.24, 2.45) is 0 Å². The maximum Gasteiger partial charge on any atom is 0.257 e. The molecule has 2 aromatic carbocycles. The first-order chi connectivity index (χ1) is 14.8. The molecule has 0 radical (unpaired) electrons. The number of ether oxygens (including phenoxy) is 1. The molecule has 162 valence electrons. The minimum absolute atomic E-state index is 0.155. The number of amides is 2. The van der Waals surface area contributed by atoms with Crippen LogP contribution in [0.1, 0.15) is 27.4 Å². The van der Waals surface area contributed by atoms with E-state index in [1.807, 2.05) is 6.92 Å². The standard InChI is InChI=1S/C22H21Cl2N3O4/c1-13-17(14(2)31-26-13)12-30-20-7-5-4-6-16(20)22(29)27(3)11-21(28)25-15-8-9-18(23)19(24)10-15/h4-10H,11-12H2,1-3H3,(H,25,28). The lowest BCUT2D eigenvalue weighted by molar-refractivity contribution is -0.116. The number of aryl methyl sites for hydroxylation is 2. The van der Waals surface area contributed by atoms with Gasteiger partial charge < -0.3 is 19.5 Å². The van der Waals surface area contributed by atoms with E-state index in [1.54, 1.807) is 56.4 Å². The molecular weight excluding hydrogens is 441 g/mol. The first-order valence-electron chi connectivity index (χ1n) is 9.40. The highest BCUT2D eigenvalue weighted by Gasteiger charge is 2.20. The molecule has 3 rings (SSSR count). The maximum atomic E-state index is 12.9. The van der Waals surface area contributed by atoms with E-state index in [9.17, 15) is 9.59 Å². The summed E-state index contributed by atoms with van der Waals surface area (Å²) in [5.41, 5.74) is 2.40. The van der Waals surface area contributed by atoms with Crippen LogP contribution in [0.2, 0.25) is 10.0 Å². The van der Waals surface area contributed by atoms with Gasteiger partial charge in [-0.05, 0) is 44.2 Å². The Morgan fingerprint density at radius 3 is 2.55 bits per heavy atom. The molecule has 1 N–H and O–H groups in total. The quantitative estimate of drug-likeness (QED) is 0.541. The number of hydrogen-bond acceptors (Lipinski definition) is 5. The molecule has 0 saturated heterocycles. The average molecular weight is 462 g/mol. The molecule has 7 nitrogen and oxygen atoms in total. The summed E-state index contributed by atoms with van der Waals surface area (Å²) >= 11 is 11.8. The SMILES string of the molecule is Cc1noc(C)c1COc1ccccc1C(=O)N(C)CC(=O)Nc1ccc(Cl)c(Cl)c1. The molecule has 0 aliphatic heterocycles. The van der Waals surface area contributed by atoms with Gasteiger partial charge in [0, 0.05) is 12.7 Å². The van der Waals surface area contributed by atoms with Gasteiger partial charge in [-0.3, -0.25) is 9.59 Å². The van der Waals surface area contributed by atoms with E-state index in [0.717, 1.165) is 11.3 Å². The van der Waals surface area contributed by atoms with Gasteiger partial charge in [-0.2, -0.15) is 0 Å². The number of likely N-dealkylation sites (N-methyl/N-ethyl adjacent to an activating group) is 1. The van der Waals surface area contributed by atoms with Crippen LogP contribution in [0.4, 0.5) is 5.69 Å². The van der Waals surface area contributed by atoms with Gasteiger partial charge in [0.05, 0.1) is 33.4 Å². The third-order valence-corrected chi connectivity index (χ3v) is 5.34. The van der Waals surface area contributed by atoms with E-state index in [-0.39, 0.29) is 25.0 Å². The highest BCUT2D eigenvalue weighted by molar-refractivity contribution is 6.42. The smallest absolute Gasteiger partial charge is 0.257 e. The zero-order chi connectivity index (χ0) is 22.5. The molecule has 2 amide bonds. The molecule has 0 bridgehead atoms. The number of carbonyl (C=O) groups excluding carboxylic acids is 2. The Kier molecular flexibility index (Phi) is 7.20. The van der Waals surface area contributed by atoms with Gasteiger partial charge >= 0.3 is 0 Å². The molecule has 0 spiro atoms. The van der Waals surface area contributed by atoms with Gasteiger partial charge in [-0.25, -0.2) is 0 Å². The molecule has 0 aliphatic rings. The fourth-order valence-electron chi connectivity index (χ4n) is 2.89. The lowest BCUT2D eigenvalue weighted by Crippen LogP contribution is -2.35. The van der Waals surface area contributed by atoms with Crippen LogP contribution in [0, 0.1) is 13.8 Å². The summed E-state index contributed by atoms with van der Waals surface area (Å²) in [5.74, 6) is 0.351. The largest absolute Gasteiger partial charge is 0.488 e. The fraction of sp³-hybridized carbons (Fsp3) is 0.227. The van der Waals surface area contributed by atoms with Crippen molar-refractivity contribution in [3.05, 3.63) is 75.1 Å². The molecule has 0 saturated carbocycles. The zero-order valence-electron chi connectivity index (χ0n) is 17.2. The van der Waals surface area contributed by atoms with Gasteiger partial charge in [0.25, 0.3) is 5.91 Å². The monoisotopic (exact) mass is 461 g/mol. The fourth-order valence-corrected chi connectivity index (χ4v) is 3.19. The number of nitrogens with one attached hydrogen (secondary N) is 1. The van der Waals surface area contributed by atoms with Crippen LogP contribution in [0.3, 0.4) is 0 Å². The minimum atomic E-state index is -0.372. The highest BCUT2D eigenvalue weighted by atomic mass is 35.5. The summed E-state index contributed by atoms with van der Waals surface area (Å²) in [6, 6.07) is 11.6. The van der Waals surface area contributed by atoms with E-state index < -0.39 is 0 Å². The van der Waals surface area contributed by atoms with Crippen LogP contribution in [0.5, 0.6) is 5.75 Å². The van der Waals surface area contributed by atoms with Crippen molar-refractivity contribution < 1.29 is 18.8 Å². The number of aromatic nitrogens is 1. The first-order valence-corrected chi connectivity index (χ1v) is 10.2. The Balaban J connectivity index is 1.66. The van der Waals surface area contributed by atoms with Gasteiger partial charge in [0.1, 0.15) is 18.1 Å². The Labute approximate surface area is 189 Å². The second-order valence-corrected chi connectivity index (χ2v) is 7.74. The van der Waals surface area contributed by atoms with Crippen LogP contribution < -0.4 is 10.1 Å². The number of halogens is 2. The first kappa shape index (κ1) is 22.7. The third kappa shape index (κ3) is 5.57. The second kappa shape index (κ2) is 9.85. The van der Waals surface area contributed by atoms with Gasteiger partial charge in [0.15, 0.2) is 0 Å². The van der Waals surface area contributed by atoms with Crippen LogP contribution in [-0.4, -0.2) is 35.5 Å². The Morgan fingerprint density at radius 1 is 1.13 bits per heavy atom. The molecule has 1 heterocycles. The van der Waals surface area contributed by atoms with E-state index >= 15 is 0 Å². The number of para-hydroxylation sites is 1. The third-order valence-electron chi connectivity index (χ3n) is 4.60. The topological polar surface area (TPSA) is 84.7 Å². The minimum Gasteiger partial charge on any atom is -0.488 e. The molecule has 0 aliphatic carbocycles. The predicted molar refractivity (Wildman–Crippen MR) is 119 cm³/mol. The van der Waals surface area contributed by atoms with Crippen molar-refractivity contribution in [2.75, 3.05) is 18.9 Å². The number of rotatable bonds is 7. The summed E-state index contributed by atoms with van der Waals surface area (Å²) in [5, 5.41) is 7.31.